The summed E-state index contributed by atoms with van der Waals surface area (Å²) >= 11 is 0. The lowest BCUT2D eigenvalue weighted by Gasteiger charge is -2.27. The lowest BCUT2D eigenvalue weighted by molar-refractivity contribution is -0.136. The van der Waals surface area contributed by atoms with Crippen LogP contribution in [0.5, 0.6) is 11.5 Å². The molecule has 0 aliphatic carbocycles. The van der Waals surface area contributed by atoms with Gasteiger partial charge in [0.25, 0.3) is 11.8 Å². The molecule has 5 heterocycles. The average molecular weight is 869 g/mol. The summed E-state index contributed by atoms with van der Waals surface area (Å²) in [5.41, 5.74) is 3.97. The van der Waals surface area contributed by atoms with Gasteiger partial charge in [-0.2, -0.15) is 4.39 Å². The third-order valence-electron chi connectivity index (χ3n) is 10.1. The Labute approximate surface area is 362 Å². The van der Waals surface area contributed by atoms with Gasteiger partial charge in [0, 0.05) is 37.8 Å². The molecule has 332 valence electrons. The van der Waals surface area contributed by atoms with Crippen molar-refractivity contribution in [3.8, 4) is 33.9 Å². The van der Waals surface area contributed by atoms with Crippen LogP contribution in [0.3, 0.4) is 0 Å². The van der Waals surface area contributed by atoms with Crippen molar-refractivity contribution in [1.29, 1.82) is 0 Å². The number of nitrogens with zero attached hydrogens (tertiary/aromatic N) is 5. The highest BCUT2D eigenvalue weighted by molar-refractivity contribution is 6.23. The summed E-state index contributed by atoms with van der Waals surface area (Å²) in [6.45, 7) is 4.49. The molecule has 4 amide bonds. The SMILES string of the molecule is CN(C)c1ccc(-c2ccc(-c3cn4cc(OCCOCCOCCOCCOCCOCCOc5ccc6c(c5)C(=O)N(C5CCC(=O)NC5=O)C6=O)ccc4n3)cc2)c(F)n1. The summed E-state index contributed by atoms with van der Waals surface area (Å²) in [7, 11) is 3.64. The Bertz CT molecular complexity index is 2390. The number of piperidine rings is 1. The Morgan fingerprint density at radius 3 is 1.79 bits per heavy atom. The van der Waals surface area contributed by atoms with Gasteiger partial charge in [-0.25, -0.2) is 9.97 Å². The van der Waals surface area contributed by atoms with Crippen LogP contribution in [-0.4, -0.2) is 142 Å². The molecule has 2 aliphatic heterocycles. The summed E-state index contributed by atoms with van der Waals surface area (Å²) in [6.07, 6.45) is 3.94. The van der Waals surface area contributed by atoms with Crippen LogP contribution in [0.15, 0.2) is 79.1 Å². The van der Waals surface area contributed by atoms with E-state index in [-0.39, 0.29) is 37.2 Å². The van der Waals surface area contributed by atoms with E-state index >= 15 is 0 Å². The van der Waals surface area contributed by atoms with Crippen LogP contribution in [0.2, 0.25) is 0 Å². The zero-order valence-electron chi connectivity index (χ0n) is 35.1. The Kier molecular flexibility index (Phi) is 15.4. The summed E-state index contributed by atoms with van der Waals surface area (Å²) in [4.78, 5) is 61.0. The molecule has 1 atom stereocenters. The lowest BCUT2D eigenvalue weighted by Crippen LogP contribution is -2.54. The molecule has 1 fully saturated rings. The van der Waals surface area contributed by atoms with Crippen molar-refractivity contribution in [2.75, 3.05) is 98.3 Å². The maximum absolute atomic E-state index is 14.7. The number of imidazole rings is 1. The second kappa shape index (κ2) is 21.7. The van der Waals surface area contributed by atoms with Crippen molar-refractivity contribution in [2.45, 2.75) is 18.9 Å². The number of carbonyl (C=O) groups is 4. The fourth-order valence-corrected chi connectivity index (χ4v) is 6.86. The maximum atomic E-state index is 14.7. The quantitative estimate of drug-likeness (QED) is 0.0529. The third-order valence-corrected chi connectivity index (χ3v) is 10.1. The van der Waals surface area contributed by atoms with E-state index in [0.29, 0.717) is 88.9 Å². The lowest BCUT2D eigenvalue weighted by atomic mass is 10.0. The molecule has 2 aromatic carbocycles. The van der Waals surface area contributed by atoms with E-state index in [1.807, 2.05) is 67.3 Å². The summed E-state index contributed by atoms with van der Waals surface area (Å²) < 4.78 is 55.9. The fourth-order valence-electron chi connectivity index (χ4n) is 6.86. The molecule has 5 aromatic rings. The van der Waals surface area contributed by atoms with Gasteiger partial charge in [-0.15, -0.1) is 0 Å². The van der Waals surface area contributed by atoms with Gasteiger partial charge in [0.05, 0.1) is 89.1 Å². The van der Waals surface area contributed by atoms with Crippen molar-refractivity contribution in [3.05, 3.63) is 96.2 Å². The molecular weight excluding hydrogens is 820 g/mol. The number of aromatic nitrogens is 3. The highest BCUT2D eigenvalue weighted by Gasteiger charge is 2.44. The predicted molar refractivity (Wildman–Crippen MR) is 226 cm³/mol. The molecule has 17 nitrogen and oxygen atoms in total. The first-order valence-electron chi connectivity index (χ1n) is 20.6. The molecule has 1 N–H and O–H groups in total. The van der Waals surface area contributed by atoms with Crippen LogP contribution in [0, 0.1) is 5.95 Å². The second-order valence-corrected chi connectivity index (χ2v) is 14.6. The van der Waals surface area contributed by atoms with Crippen LogP contribution in [0.4, 0.5) is 10.2 Å². The molecule has 0 bridgehead atoms. The number of amides is 4. The topological polar surface area (TPSA) is 182 Å². The minimum Gasteiger partial charge on any atom is -0.491 e. The number of benzene rings is 2. The van der Waals surface area contributed by atoms with Crippen molar-refractivity contribution >= 4 is 35.1 Å². The molecule has 2 aliphatic rings. The van der Waals surface area contributed by atoms with Crippen molar-refractivity contribution in [2.24, 2.45) is 0 Å². The molecular formula is C45H49FN6O11. The molecule has 7 rings (SSSR count). The minimum absolute atomic E-state index is 0.0557. The van der Waals surface area contributed by atoms with Gasteiger partial charge >= 0.3 is 0 Å². The number of rotatable bonds is 24. The molecule has 0 saturated carbocycles. The normalized spacial score (nSPS) is 15.0. The summed E-state index contributed by atoms with van der Waals surface area (Å²) in [6, 6.07) is 18.4. The molecule has 18 heteroatoms. The number of imide groups is 2. The molecule has 63 heavy (non-hydrogen) atoms. The maximum Gasteiger partial charge on any atom is 0.262 e. The standard InChI is InChI=1S/C45H49FN6O11/c1-50(2)39-13-10-34(42(46)48-39)30-3-5-31(6-4-30)37-29-51-28-33(8-12-40(51)47-37)63-26-24-61-22-20-59-18-16-57-15-17-58-19-21-60-23-25-62-32-7-9-35-36(27-32)45(56)52(44(35)55)38-11-14-41(53)49-43(38)54/h3-10,12-13,27-29,38H,11,14-26H2,1-2H3,(H,49,53,54). The molecule has 0 radical (unpaired) electrons. The zero-order chi connectivity index (χ0) is 44.1. The highest BCUT2D eigenvalue weighted by atomic mass is 19.1. The smallest absolute Gasteiger partial charge is 0.262 e. The van der Waals surface area contributed by atoms with Gasteiger partial charge in [0.2, 0.25) is 17.8 Å². The summed E-state index contributed by atoms with van der Waals surface area (Å²) in [5.74, 6) is -1.13. The number of halogens is 1. The predicted octanol–water partition coefficient (Wildman–Crippen LogP) is 4.21. The largest absolute Gasteiger partial charge is 0.491 e. The van der Waals surface area contributed by atoms with E-state index in [1.54, 1.807) is 23.1 Å². The molecule has 3 aromatic heterocycles. The number of anilines is 1. The van der Waals surface area contributed by atoms with Crippen LogP contribution in [0.1, 0.15) is 33.6 Å². The summed E-state index contributed by atoms with van der Waals surface area (Å²) in [5, 5.41) is 2.18. The van der Waals surface area contributed by atoms with Crippen LogP contribution in [0.25, 0.3) is 28.0 Å². The van der Waals surface area contributed by atoms with E-state index < -0.39 is 35.6 Å². The number of hydrogen-bond acceptors (Lipinski definition) is 14. The van der Waals surface area contributed by atoms with Gasteiger partial charge in [-0.05, 0) is 54.4 Å². The minimum atomic E-state index is -1.02. The Morgan fingerprint density at radius 1 is 0.635 bits per heavy atom. The van der Waals surface area contributed by atoms with Gasteiger partial charge in [0.15, 0.2) is 0 Å². The van der Waals surface area contributed by atoms with E-state index in [2.05, 4.69) is 10.3 Å². The van der Waals surface area contributed by atoms with E-state index in [0.717, 1.165) is 27.4 Å². The monoisotopic (exact) mass is 868 g/mol. The fraction of sp³-hybridized carbons (Fsp3) is 0.378. The first-order chi connectivity index (χ1) is 30.7. The van der Waals surface area contributed by atoms with E-state index in [4.69, 9.17) is 38.1 Å². The third kappa shape index (κ3) is 11.6. The van der Waals surface area contributed by atoms with E-state index in [1.165, 1.54) is 12.1 Å². The van der Waals surface area contributed by atoms with Gasteiger partial charge < -0.3 is 42.5 Å². The number of fused-ring (bicyclic) bond motifs is 2. The zero-order valence-corrected chi connectivity index (χ0v) is 35.1. The second-order valence-electron chi connectivity index (χ2n) is 14.6. The molecule has 0 spiro atoms. The van der Waals surface area contributed by atoms with Crippen LogP contribution < -0.4 is 19.7 Å². The number of nitrogens with one attached hydrogen (secondary N) is 1. The Balaban J connectivity index is 0.672. The number of carbonyl (C=O) groups excluding carboxylic acids is 4. The Hall–Kier alpha value is -6.31. The van der Waals surface area contributed by atoms with Crippen LogP contribution in [-0.2, 0) is 33.3 Å². The van der Waals surface area contributed by atoms with Gasteiger partial charge in [-0.1, -0.05) is 24.3 Å². The first-order valence-corrected chi connectivity index (χ1v) is 20.6. The van der Waals surface area contributed by atoms with Crippen molar-refractivity contribution in [3.63, 3.8) is 0 Å². The van der Waals surface area contributed by atoms with Gasteiger partial charge in [0.1, 0.15) is 42.2 Å². The molecule has 1 saturated heterocycles. The van der Waals surface area contributed by atoms with Gasteiger partial charge in [-0.3, -0.25) is 29.4 Å². The first kappa shape index (κ1) is 44.7. The number of ether oxygens (including phenoxy) is 7. The average Bonchev–Trinajstić information content (AvgIpc) is 3.81. The highest BCUT2D eigenvalue weighted by Crippen LogP contribution is 2.31. The Morgan fingerprint density at radius 2 is 1.19 bits per heavy atom. The van der Waals surface area contributed by atoms with Crippen molar-refractivity contribution < 1.29 is 56.7 Å². The number of pyridine rings is 2. The van der Waals surface area contributed by atoms with Crippen molar-refractivity contribution in [1.82, 2.24) is 24.6 Å². The van der Waals surface area contributed by atoms with E-state index in [9.17, 15) is 23.6 Å². The molecule has 1 unspecified atom stereocenters. The number of hydrogen-bond donors (Lipinski definition) is 1. The van der Waals surface area contributed by atoms with Crippen LogP contribution >= 0.6 is 0 Å².